The first kappa shape index (κ1) is 16.6. The van der Waals surface area contributed by atoms with E-state index in [4.69, 9.17) is 0 Å². The normalized spacial score (nSPS) is 11.0. The van der Waals surface area contributed by atoms with Gasteiger partial charge in [0.2, 0.25) is 0 Å². The average molecular weight is 260 g/mol. The van der Waals surface area contributed by atoms with Crippen molar-refractivity contribution in [2.24, 2.45) is 0 Å². The van der Waals surface area contributed by atoms with E-state index in [1.54, 1.807) is 12.1 Å². The van der Waals surface area contributed by atoms with Crippen LogP contribution < -0.4 is 4.74 Å². The molecule has 0 atom stereocenters. The van der Waals surface area contributed by atoms with Gasteiger partial charge >= 0.3 is 6.36 Å². The Morgan fingerprint density at radius 3 is 2.11 bits per heavy atom. The Labute approximate surface area is 106 Å². The highest BCUT2D eigenvalue weighted by Crippen LogP contribution is 2.22. The molecule has 0 spiro atoms. The van der Waals surface area contributed by atoms with E-state index < -0.39 is 6.36 Å². The molecule has 1 aromatic carbocycles. The molecule has 0 aliphatic heterocycles. The molecule has 0 amide bonds. The zero-order valence-electron chi connectivity index (χ0n) is 10.9. The molecule has 102 valence electrons. The maximum atomic E-state index is 11.9. The molecule has 1 rings (SSSR count). The lowest BCUT2D eigenvalue weighted by Crippen LogP contribution is -2.16. The summed E-state index contributed by atoms with van der Waals surface area (Å²) >= 11 is 0. The summed E-state index contributed by atoms with van der Waals surface area (Å²) in [6, 6.07) is 5.79. The molecule has 4 heteroatoms. The van der Waals surface area contributed by atoms with Crippen molar-refractivity contribution in [3.8, 4) is 5.75 Å². The predicted octanol–water partition coefficient (Wildman–Crippen LogP) is 5.42. The van der Waals surface area contributed by atoms with Crippen LogP contribution in [0.1, 0.15) is 39.2 Å². The van der Waals surface area contributed by atoms with E-state index in [1.165, 1.54) is 12.1 Å². The third-order valence-corrected chi connectivity index (χ3v) is 1.88. The van der Waals surface area contributed by atoms with Crippen molar-refractivity contribution < 1.29 is 17.9 Å². The predicted molar refractivity (Wildman–Crippen MR) is 68.4 cm³/mol. The fourth-order valence-electron chi connectivity index (χ4n) is 1.17. The van der Waals surface area contributed by atoms with Gasteiger partial charge in [0.15, 0.2) is 0 Å². The van der Waals surface area contributed by atoms with E-state index >= 15 is 0 Å². The van der Waals surface area contributed by atoms with Crippen molar-refractivity contribution in [2.75, 3.05) is 0 Å². The number of alkyl halides is 3. The zero-order valence-corrected chi connectivity index (χ0v) is 10.9. The van der Waals surface area contributed by atoms with Crippen LogP contribution in [0.25, 0.3) is 6.08 Å². The number of benzene rings is 1. The van der Waals surface area contributed by atoms with E-state index in [0.717, 1.165) is 18.4 Å². The summed E-state index contributed by atoms with van der Waals surface area (Å²) in [5.41, 5.74) is 0.864. The summed E-state index contributed by atoms with van der Waals surface area (Å²) < 4.78 is 39.3. The van der Waals surface area contributed by atoms with Crippen molar-refractivity contribution in [3.63, 3.8) is 0 Å². The van der Waals surface area contributed by atoms with Gasteiger partial charge in [0, 0.05) is 0 Å². The Bertz CT molecular complexity index is 339. The highest BCUT2D eigenvalue weighted by atomic mass is 19.4. The van der Waals surface area contributed by atoms with Gasteiger partial charge in [0.1, 0.15) is 5.75 Å². The van der Waals surface area contributed by atoms with Gasteiger partial charge < -0.3 is 4.74 Å². The van der Waals surface area contributed by atoms with Gasteiger partial charge in [-0.1, -0.05) is 51.5 Å². The molecular weight excluding hydrogens is 241 g/mol. The topological polar surface area (TPSA) is 9.23 Å². The van der Waals surface area contributed by atoms with Gasteiger partial charge in [-0.3, -0.25) is 0 Å². The van der Waals surface area contributed by atoms with Gasteiger partial charge in [0.05, 0.1) is 0 Å². The second-order valence-electron chi connectivity index (χ2n) is 3.31. The number of hydrogen-bond donors (Lipinski definition) is 0. The molecule has 0 saturated carbocycles. The van der Waals surface area contributed by atoms with Crippen LogP contribution in [0.2, 0.25) is 0 Å². The van der Waals surface area contributed by atoms with Crippen LogP contribution in [0.15, 0.2) is 30.3 Å². The molecule has 0 fully saturated rings. The van der Waals surface area contributed by atoms with Crippen molar-refractivity contribution in [1.82, 2.24) is 0 Å². The number of allylic oxidation sites excluding steroid dienone is 1. The Morgan fingerprint density at radius 2 is 1.67 bits per heavy atom. The molecule has 0 N–H and O–H groups in total. The molecule has 0 aromatic heterocycles. The number of unbranched alkanes of at least 4 members (excludes halogenated alkanes) is 1. The Balaban J connectivity index is 0.00000137. The maximum Gasteiger partial charge on any atom is 0.573 e. The van der Waals surface area contributed by atoms with Gasteiger partial charge in [-0.15, -0.1) is 13.2 Å². The minimum Gasteiger partial charge on any atom is -0.406 e. The molecule has 0 radical (unpaired) electrons. The second-order valence-corrected chi connectivity index (χ2v) is 3.31. The fourth-order valence-corrected chi connectivity index (χ4v) is 1.17. The third kappa shape index (κ3) is 7.76. The SMILES string of the molecule is CC.CCC/C=C/c1ccc(OC(F)(F)F)cc1. The fraction of sp³-hybridized carbons (Fsp3) is 0.429. The molecule has 0 saturated heterocycles. The molecular formula is C14H19F3O. The van der Waals surface area contributed by atoms with Gasteiger partial charge in [-0.2, -0.15) is 0 Å². The maximum absolute atomic E-state index is 11.9. The third-order valence-electron chi connectivity index (χ3n) is 1.88. The van der Waals surface area contributed by atoms with Crippen LogP contribution in [-0.2, 0) is 0 Å². The van der Waals surface area contributed by atoms with E-state index in [9.17, 15) is 13.2 Å². The molecule has 0 heterocycles. The van der Waals surface area contributed by atoms with E-state index in [2.05, 4.69) is 11.7 Å². The van der Waals surface area contributed by atoms with Crippen LogP contribution in [0.5, 0.6) is 5.75 Å². The van der Waals surface area contributed by atoms with Crippen LogP contribution in [-0.4, -0.2) is 6.36 Å². The smallest absolute Gasteiger partial charge is 0.406 e. The van der Waals surface area contributed by atoms with Crippen molar-refractivity contribution >= 4 is 6.08 Å². The van der Waals surface area contributed by atoms with Crippen molar-refractivity contribution in [2.45, 2.75) is 40.0 Å². The van der Waals surface area contributed by atoms with Gasteiger partial charge in [-0.05, 0) is 24.1 Å². The van der Waals surface area contributed by atoms with E-state index in [1.807, 2.05) is 26.0 Å². The van der Waals surface area contributed by atoms with Crippen LogP contribution in [0, 0.1) is 0 Å². The Kier molecular flexibility index (Phi) is 7.92. The minimum absolute atomic E-state index is 0.194. The van der Waals surface area contributed by atoms with Crippen molar-refractivity contribution in [1.29, 1.82) is 0 Å². The number of halogens is 3. The standard InChI is InChI=1S/C12H13F3O.C2H6/c1-2-3-4-5-10-6-8-11(9-7-10)16-12(13,14)15;1-2/h4-9H,2-3H2,1H3;1-2H3/b5-4+;. The molecule has 1 aromatic rings. The van der Waals surface area contributed by atoms with Crippen LogP contribution in [0.4, 0.5) is 13.2 Å². The van der Waals surface area contributed by atoms with Gasteiger partial charge in [0.25, 0.3) is 0 Å². The summed E-state index contributed by atoms with van der Waals surface area (Å²) in [6.45, 7) is 6.06. The molecule has 0 unspecified atom stereocenters. The lowest BCUT2D eigenvalue weighted by atomic mass is 10.2. The quantitative estimate of drug-likeness (QED) is 0.701. The molecule has 1 nitrogen and oxygen atoms in total. The summed E-state index contributed by atoms with van der Waals surface area (Å²) in [7, 11) is 0. The summed E-state index contributed by atoms with van der Waals surface area (Å²) in [5, 5.41) is 0. The summed E-state index contributed by atoms with van der Waals surface area (Å²) in [5.74, 6) is -0.194. The summed E-state index contributed by atoms with van der Waals surface area (Å²) in [6.07, 6.45) is 1.24. The Morgan fingerprint density at radius 1 is 1.11 bits per heavy atom. The van der Waals surface area contributed by atoms with E-state index in [0.29, 0.717) is 0 Å². The molecule has 0 bridgehead atoms. The molecule has 18 heavy (non-hydrogen) atoms. The van der Waals surface area contributed by atoms with Crippen LogP contribution >= 0.6 is 0 Å². The lowest BCUT2D eigenvalue weighted by Gasteiger charge is -2.08. The highest BCUT2D eigenvalue weighted by Gasteiger charge is 2.30. The number of ether oxygens (including phenoxy) is 1. The first-order chi connectivity index (χ1) is 8.51. The number of hydrogen-bond acceptors (Lipinski definition) is 1. The Hall–Kier alpha value is -1.45. The minimum atomic E-state index is -4.63. The largest absolute Gasteiger partial charge is 0.573 e. The first-order valence-corrected chi connectivity index (χ1v) is 6.03. The monoisotopic (exact) mass is 260 g/mol. The molecule has 0 aliphatic rings. The lowest BCUT2D eigenvalue weighted by molar-refractivity contribution is -0.274. The van der Waals surface area contributed by atoms with Crippen LogP contribution in [0.3, 0.4) is 0 Å². The van der Waals surface area contributed by atoms with Gasteiger partial charge in [-0.25, -0.2) is 0 Å². The highest BCUT2D eigenvalue weighted by molar-refractivity contribution is 5.50. The molecule has 0 aliphatic carbocycles. The average Bonchev–Trinajstić information content (AvgIpc) is 2.32. The second kappa shape index (κ2) is 8.61. The number of rotatable bonds is 4. The zero-order chi connectivity index (χ0) is 14.0. The van der Waals surface area contributed by atoms with E-state index in [-0.39, 0.29) is 5.75 Å². The first-order valence-electron chi connectivity index (χ1n) is 6.03. The van der Waals surface area contributed by atoms with Crippen molar-refractivity contribution in [3.05, 3.63) is 35.9 Å². The summed E-state index contributed by atoms with van der Waals surface area (Å²) in [4.78, 5) is 0.